The maximum absolute atomic E-state index is 13.2. The van der Waals surface area contributed by atoms with E-state index in [4.69, 9.17) is 9.47 Å². The summed E-state index contributed by atoms with van der Waals surface area (Å²) in [4.78, 5) is 17.6. The van der Waals surface area contributed by atoms with Crippen LogP contribution in [0.4, 0.5) is 0 Å². The number of carbonyl (C=O) groups is 1. The number of rotatable bonds is 9. The van der Waals surface area contributed by atoms with E-state index in [1.165, 1.54) is 5.56 Å². The van der Waals surface area contributed by atoms with Crippen molar-refractivity contribution in [2.75, 3.05) is 20.3 Å². The Hall–Kier alpha value is -3.97. The van der Waals surface area contributed by atoms with Crippen LogP contribution in [0.1, 0.15) is 21.6 Å². The molecule has 0 amide bonds. The average Bonchev–Trinajstić information content (AvgIpc) is 3.45. The van der Waals surface area contributed by atoms with Crippen molar-refractivity contribution in [3.05, 3.63) is 96.1 Å². The van der Waals surface area contributed by atoms with Crippen molar-refractivity contribution in [1.29, 1.82) is 0 Å². The van der Waals surface area contributed by atoms with Crippen LogP contribution in [0.15, 0.2) is 79.3 Å². The number of carbonyl (C=O) groups excluding carboxylic acids is 1. The lowest BCUT2D eigenvalue weighted by Crippen LogP contribution is -2.08. The van der Waals surface area contributed by atoms with Crippen LogP contribution in [-0.2, 0) is 17.7 Å². The summed E-state index contributed by atoms with van der Waals surface area (Å²) >= 11 is 0. The zero-order valence-corrected chi connectivity index (χ0v) is 18.3. The van der Waals surface area contributed by atoms with Gasteiger partial charge in [-0.25, -0.2) is 4.98 Å². The molecule has 0 saturated heterocycles. The molecular formula is C26H24N4O3. The molecule has 166 valence electrons. The van der Waals surface area contributed by atoms with Crippen LogP contribution in [0, 0.1) is 0 Å². The van der Waals surface area contributed by atoms with Crippen LogP contribution in [0.2, 0.25) is 0 Å². The van der Waals surface area contributed by atoms with Crippen molar-refractivity contribution in [1.82, 2.24) is 19.2 Å². The van der Waals surface area contributed by atoms with Crippen LogP contribution < -0.4 is 4.74 Å². The predicted molar refractivity (Wildman–Crippen MR) is 126 cm³/mol. The van der Waals surface area contributed by atoms with Gasteiger partial charge in [0.2, 0.25) is 0 Å². The van der Waals surface area contributed by atoms with E-state index in [-0.39, 0.29) is 12.2 Å². The first-order valence-electron chi connectivity index (χ1n) is 10.8. The van der Waals surface area contributed by atoms with E-state index in [1.807, 2.05) is 65.6 Å². The number of benzene rings is 2. The van der Waals surface area contributed by atoms with Gasteiger partial charge in [0, 0.05) is 31.2 Å². The summed E-state index contributed by atoms with van der Waals surface area (Å²) in [6, 6.07) is 19.9. The highest BCUT2D eigenvalue weighted by Gasteiger charge is 2.16. The molecule has 3 aromatic heterocycles. The van der Waals surface area contributed by atoms with Gasteiger partial charge in [0.05, 0.1) is 31.1 Å². The maximum Gasteiger partial charge on any atom is 0.185 e. The summed E-state index contributed by atoms with van der Waals surface area (Å²) in [5.41, 5.74) is 4.36. The zero-order chi connectivity index (χ0) is 22.6. The minimum absolute atomic E-state index is 0.00105. The maximum atomic E-state index is 13.2. The van der Waals surface area contributed by atoms with E-state index in [1.54, 1.807) is 17.7 Å². The summed E-state index contributed by atoms with van der Waals surface area (Å²) in [6.07, 6.45) is 5.55. The summed E-state index contributed by atoms with van der Waals surface area (Å²) in [7, 11) is 1.63. The summed E-state index contributed by atoms with van der Waals surface area (Å²) in [5.74, 6) is 0.693. The number of ketones is 1. The highest BCUT2D eigenvalue weighted by atomic mass is 16.5. The Bertz CT molecular complexity index is 1410. The lowest BCUT2D eigenvalue weighted by atomic mass is 10.0. The number of nitrogens with zero attached hydrogens (tertiary/aromatic N) is 4. The molecule has 2 aromatic carbocycles. The first kappa shape index (κ1) is 20.9. The van der Waals surface area contributed by atoms with E-state index in [2.05, 4.69) is 22.2 Å². The minimum Gasteiger partial charge on any atom is -0.491 e. The van der Waals surface area contributed by atoms with Gasteiger partial charge in [0.1, 0.15) is 23.7 Å². The van der Waals surface area contributed by atoms with Gasteiger partial charge < -0.3 is 9.47 Å². The van der Waals surface area contributed by atoms with Crippen LogP contribution >= 0.6 is 0 Å². The number of methoxy groups -OCH3 is 1. The lowest BCUT2D eigenvalue weighted by Gasteiger charge is -2.07. The molecule has 0 spiro atoms. The third kappa shape index (κ3) is 4.36. The summed E-state index contributed by atoms with van der Waals surface area (Å²) < 4.78 is 14.4. The number of hydrogen-bond donors (Lipinski definition) is 0. The number of pyridine rings is 1. The Morgan fingerprint density at radius 1 is 1.00 bits per heavy atom. The van der Waals surface area contributed by atoms with Crippen LogP contribution in [0.3, 0.4) is 0 Å². The molecule has 5 aromatic rings. The fraction of sp³-hybridized carbons (Fsp3) is 0.192. The molecule has 5 rings (SSSR count). The van der Waals surface area contributed by atoms with Gasteiger partial charge in [-0.1, -0.05) is 42.5 Å². The smallest absolute Gasteiger partial charge is 0.185 e. The third-order valence-corrected chi connectivity index (χ3v) is 5.63. The Morgan fingerprint density at radius 2 is 1.88 bits per heavy atom. The molecule has 0 radical (unpaired) electrons. The predicted octanol–water partition coefficient (Wildman–Crippen LogP) is 4.18. The quantitative estimate of drug-likeness (QED) is 0.254. The normalized spacial score (nSPS) is 11.3. The molecule has 0 atom stereocenters. The highest BCUT2D eigenvalue weighted by Crippen LogP contribution is 2.22. The second-order valence-corrected chi connectivity index (χ2v) is 7.81. The minimum atomic E-state index is -0.00105. The fourth-order valence-corrected chi connectivity index (χ4v) is 3.96. The number of aromatic nitrogens is 4. The monoisotopic (exact) mass is 440 g/mol. The first-order valence-corrected chi connectivity index (χ1v) is 10.8. The molecule has 0 aliphatic heterocycles. The molecule has 3 heterocycles. The number of Topliss-reactive ketones (excluding diaryl/α,β-unsaturated/α-hetero) is 1. The van der Waals surface area contributed by atoms with Crippen molar-refractivity contribution >= 4 is 22.3 Å². The van der Waals surface area contributed by atoms with E-state index in [0.717, 1.165) is 16.5 Å². The van der Waals surface area contributed by atoms with Crippen LogP contribution in [0.5, 0.6) is 5.75 Å². The summed E-state index contributed by atoms with van der Waals surface area (Å²) in [5, 5.41) is 5.57. The fourth-order valence-electron chi connectivity index (χ4n) is 3.96. The standard InChI is InChI=1S/C26H24N4O3/c1-32-12-13-33-21-10-11-29-24(17-27-26(29)15-21)25(31)14-20-8-5-9-23-22(20)16-28-30(23)18-19-6-3-2-4-7-19/h2-11,15-17H,12-14,18H2,1H3. The Balaban J connectivity index is 1.37. The molecule has 0 aliphatic carbocycles. The van der Waals surface area contributed by atoms with E-state index >= 15 is 0 Å². The molecule has 0 unspecified atom stereocenters. The van der Waals surface area contributed by atoms with Crippen molar-refractivity contribution in [3.8, 4) is 5.75 Å². The Labute approximate surface area is 191 Å². The molecule has 7 heteroatoms. The number of fused-ring (bicyclic) bond motifs is 2. The van der Waals surface area contributed by atoms with Crippen molar-refractivity contribution < 1.29 is 14.3 Å². The molecular weight excluding hydrogens is 416 g/mol. The van der Waals surface area contributed by atoms with E-state index in [0.29, 0.717) is 36.8 Å². The van der Waals surface area contributed by atoms with Gasteiger partial charge in [0.15, 0.2) is 5.78 Å². The van der Waals surface area contributed by atoms with Crippen molar-refractivity contribution in [2.45, 2.75) is 13.0 Å². The zero-order valence-electron chi connectivity index (χ0n) is 18.3. The summed E-state index contributed by atoms with van der Waals surface area (Å²) in [6.45, 7) is 1.65. The highest BCUT2D eigenvalue weighted by molar-refractivity contribution is 5.99. The lowest BCUT2D eigenvalue weighted by molar-refractivity contribution is 0.0987. The molecule has 7 nitrogen and oxygen atoms in total. The van der Waals surface area contributed by atoms with Gasteiger partial charge in [-0.2, -0.15) is 5.10 Å². The first-order chi connectivity index (χ1) is 16.2. The van der Waals surface area contributed by atoms with Gasteiger partial charge in [-0.15, -0.1) is 0 Å². The van der Waals surface area contributed by atoms with E-state index < -0.39 is 0 Å². The van der Waals surface area contributed by atoms with Gasteiger partial charge in [-0.05, 0) is 23.3 Å². The van der Waals surface area contributed by atoms with Crippen molar-refractivity contribution in [3.63, 3.8) is 0 Å². The van der Waals surface area contributed by atoms with Crippen LogP contribution in [0.25, 0.3) is 16.6 Å². The molecule has 0 fully saturated rings. The number of ether oxygens (including phenoxy) is 2. The topological polar surface area (TPSA) is 70.7 Å². The largest absolute Gasteiger partial charge is 0.491 e. The van der Waals surface area contributed by atoms with Gasteiger partial charge in [-0.3, -0.25) is 13.9 Å². The molecule has 0 bridgehead atoms. The number of imidazole rings is 1. The second kappa shape index (κ2) is 9.26. The number of hydrogen-bond acceptors (Lipinski definition) is 5. The van der Waals surface area contributed by atoms with E-state index in [9.17, 15) is 4.79 Å². The molecule has 0 saturated carbocycles. The molecule has 0 aliphatic rings. The van der Waals surface area contributed by atoms with Gasteiger partial charge in [0.25, 0.3) is 0 Å². The average molecular weight is 441 g/mol. The third-order valence-electron chi connectivity index (χ3n) is 5.63. The molecule has 33 heavy (non-hydrogen) atoms. The van der Waals surface area contributed by atoms with Crippen molar-refractivity contribution in [2.24, 2.45) is 0 Å². The second-order valence-electron chi connectivity index (χ2n) is 7.81. The Kier molecular flexibility index (Phi) is 5.87. The SMILES string of the molecule is COCCOc1ccn2c(C(=O)Cc3cccc4c3cnn4Cc3ccccc3)cnc2c1. The molecule has 0 N–H and O–H groups in total. The van der Waals surface area contributed by atoms with Crippen LogP contribution in [-0.4, -0.2) is 45.3 Å². The Morgan fingerprint density at radius 3 is 2.73 bits per heavy atom. The van der Waals surface area contributed by atoms with Gasteiger partial charge >= 0.3 is 0 Å².